The van der Waals surface area contributed by atoms with Crippen LogP contribution in [0.15, 0.2) is 48.7 Å². The molecule has 134 valence electrons. The molecule has 1 amide bonds. The Morgan fingerprint density at radius 2 is 2.00 bits per heavy atom. The van der Waals surface area contributed by atoms with Gasteiger partial charge in [0.05, 0.1) is 0 Å². The number of aromatic nitrogens is 1. The molecule has 0 atom stereocenters. The molecule has 0 saturated carbocycles. The fourth-order valence-electron chi connectivity index (χ4n) is 3.71. The van der Waals surface area contributed by atoms with Crippen LogP contribution in [-0.2, 0) is 0 Å². The number of piperidine rings is 1. The summed E-state index contributed by atoms with van der Waals surface area (Å²) in [6.07, 6.45) is 4.38. The Morgan fingerprint density at radius 1 is 1.19 bits per heavy atom. The van der Waals surface area contributed by atoms with E-state index < -0.39 is 5.82 Å². The van der Waals surface area contributed by atoms with E-state index in [4.69, 9.17) is 0 Å². The van der Waals surface area contributed by atoms with E-state index in [9.17, 15) is 9.18 Å². The Hall–Kier alpha value is -2.66. The first kappa shape index (κ1) is 16.8. The van der Waals surface area contributed by atoms with Crippen molar-refractivity contribution in [3.8, 4) is 0 Å². The normalized spacial score (nSPS) is 16.1. The third kappa shape index (κ3) is 3.35. The van der Waals surface area contributed by atoms with Crippen LogP contribution in [0.1, 0.15) is 34.7 Å². The molecule has 3 aromatic rings. The minimum atomic E-state index is -0.414. The number of hydrogen-bond donors (Lipinski definition) is 2. The Kier molecular flexibility index (Phi) is 4.47. The quantitative estimate of drug-likeness (QED) is 0.736. The first-order chi connectivity index (χ1) is 12.6. The van der Waals surface area contributed by atoms with Gasteiger partial charge in [-0.05, 0) is 80.9 Å². The van der Waals surface area contributed by atoms with Gasteiger partial charge in [0.1, 0.15) is 5.82 Å². The minimum Gasteiger partial charge on any atom is -0.361 e. The molecule has 2 heterocycles. The fourth-order valence-corrected chi connectivity index (χ4v) is 3.71. The number of nitrogens with zero attached hydrogens (tertiary/aromatic N) is 1. The summed E-state index contributed by atoms with van der Waals surface area (Å²) in [4.78, 5) is 18.1. The van der Waals surface area contributed by atoms with Crippen molar-refractivity contribution in [2.45, 2.75) is 18.8 Å². The zero-order valence-corrected chi connectivity index (χ0v) is 14.8. The summed E-state index contributed by atoms with van der Waals surface area (Å²) in [6.45, 7) is 2.21. The zero-order chi connectivity index (χ0) is 18.1. The van der Waals surface area contributed by atoms with Gasteiger partial charge in [0.15, 0.2) is 0 Å². The van der Waals surface area contributed by atoms with Gasteiger partial charge >= 0.3 is 0 Å². The number of aromatic amines is 1. The van der Waals surface area contributed by atoms with Gasteiger partial charge < -0.3 is 15.2 Å². The highest BCUT2D eigenvalue weighted by atomic mass is 19.1. The lowest BCUT2D eigenvalue weighted by molar-refractivity contribution is 0.102. The highest BCUT2D eigenvalue weighted by Gasteiger charge is 2.21. The second kappa shape index (κ2) is 6.92. The van der Waals surface area contributed by atoms with Crippen LogP contribution in [0.25, 0.3) is 10.9 Å². The number of benzene rings is 2. The third-order valence-corrected chi connectivity index (χ3v) is 5.22. The Bertz CT molecular complexity index is 941. The molecular weight excluding hydrogens is 329 g/mol. The van der Waals surface area contributed by atoms with Crippen molar-refractivity contribution >= 4 is 22.5 Å². The maximum Gasteiger partial charge on any atom is 0.255 e. The summed E-state index contributed by atoms with van der Waals surface area (Å²) in [5.74, 6) is -0.183. The molecule has 1 fully saturated rings. The molecule has 4 nitrogen and oxygen atoms in total. The second-order valence-electron chi connectivity index (χ2n) is 7.05. The molecule has 0 radical (unpaired) electrons. The predicted octanol–water partition coefficient (Wildman–Crippen LogP) is 4.37. The number of fused-ring (bicyclic) bond motifs is 1. The van der Waals surface area contributed by atoms with Crippen LogP contribution in [0.3, 0.4) is 0 Å². The van der Waals surface area contributed by atoms with Crippen LogP contribution in [0.2, 0.25) is 0 Å². The lowest BCUT2D eigenvalue weighted by Gasteiger charge is -2.28. The van der Waals surface area contributed by atoms with E-state index in [1.54, 1.807) is 6.07 Å². The molecular formula is C21H22FN3O. The van der Waals surface area contributed by atoms with E-state index in [1.165, 1.54) is 23.8 Å². The molecule has 1 aromatic heterocycles. The second-order valence-corrected chi connectivity index (χ2v) is 7.05. The van der Waals surface area contributed by atoms with E-state index in [-0.39, 0.29) is 5.91 Å². The Balaban J connectivity index is 1.59. The zero-order valence-electron chi connectivity index (χ0n) is 14.8. The number of likely N-dealkylation sites (tertiary alicyclic amines) is 1. The summed E-state index contributed by atoms with van der Waals surface area (Å²) >= 11 is 0. The maximum absolute atomic E-state index is 13.3. The number of hydrogen-bond acceptors (Lipinski definition) is 2. The van der Waals surface area contributed by atoms with Crippen molar-refractivity contribution in [2.75, 3.05) is 25.5 Å². The number of rotatable bonds is 3. The average Bonchev–Trinajstić information content (AvgIpc) is 3.05. The fraction of sp³-hybridized carbons (Fsp3) is 0.286. The van der Waals surface area contributed by atoms with Crippen molar-refractivity contribution in [3.63, 3.8) is 0 Å². The summed E-state index contributed by atoms with van der Waals surface area (Å²) in [6, 6.07) is 11.6. The van der Waals surface area contributed by atoms with Gasteiger partial charge in [-0.3, -0.25) is 4.79 Å². The molecule has 2 aromatic carbocycles. The summed E-state index contributed by atoms with van der Waals surface area (Å²) in [5, 5.41) is 4.03. The lowest BCUT2D eigenvalue weighted by atomic mass is 9.89. The van der Waals surface area contributed by atoms with Gasteiger partial charge in [-0.25, -0.2) is 4.39 Å². The van der Waals surface area contributed by atoms with Crippen LogP contribution in [0, 0.1) is 5.82 Å². The lowest BCUT2D eigenvalue weighted by Crippen LogP contribution is -2.29. The summed E-state index contributed by atoms with van der Waals surface area (Å²) in [5.41, 5.74) is 3.42. The number of H-pyrrole nitrogens is 1. The average molecular weight is 351 g/mol. The molecule has 0 unspecified atom stereocenters. The van der Waals surface area contributed by atoms with Gasteiger partial charge in [0.2, 0.25) is 0 Å². The van der Waals surface area contributed by atoms with Crippen LogP contribution in [-0.4, -0.2) is 35.9 Å². The number of nitrogens with one attached hydrogen (secondary N) is 2. The molecule has 26 heavy (non-hydrogen) atoms. The highest BCUT2D eigenvalue weighted by molar-refractivity contribution is 6.05. The number of carbonyl (C=O) groups is 1. The number of amides is 1. The standard InChI is InChI=1S/C21H22FN3O/c1-25-9-7-14(8-10-25)19-13-23-20-6-5-17(12-18(19)20)24-21(26)15-3-2-4-16(22)11-15/h2-6,11-14,23H,7-10H2,1H3,(H,24,26). The van der Waals surface area contributed by atoms with Gasteiger partial charge in [-0.2, -0.15) is 0 Å². The molecule has 1 aliphatic rings. The van der Waals surface area contributed by atoms with Crippen LogP contribution in [0.5, 0.6) is 0 Å². The monoisotopic (exact) mass is 351 g/mol. The first-order valence-corrected chi connectivity index (χ1v) is 8.96. The largest absolute Gasteiger partial charge is 0.361 e. The van der Waals surface area contributed by atoms with Gasteiger partial charge in [-0.1, -0.05) is 6.07 Å². The smallest absolute Gasteiger partial charge is 0.255 e. The maximum atomic E-state index is 13.3. The number of halogens is 1. The molecule has 0 aliphatic carbocycles. The molecule has 5 heteroatoms. The van der Waals surface area contributed by atoms with E-state index in [1.807, 2.05) is 18.2 Å². The molecule has 4 rings (SSSR count). The van der Waals surface area contributed by atoms with Crippen LogP contribution >= 0.6 is 0 Å². The van der Waals surface area contributed by atoms with Crippen molar-refractivity contribution in [2.24, 2.45) is 0 Å². The molecule has 0 spiro atoms. The number of anilines is 1. The van der Waals surface area contributed by atoms with Crippen LogP contribution in [0.4, 0.5) is 10.1 Å². The minimum absolute atomic E-state index is 0.305. The van der Waals surface area contributed by atoms with E-state index in [0.717, 1.165) is 42.5 Å². The predicted molar refractivity (Wildman–Crippen MR) is 102 cm³/mol. The van der Waals surface area contributed by atoms with Crippen molar-refractivity contribution < 1.29 is 9.18 Å². The topological polar surface area (TPSA) is 48.1 Å². The SMILES string of the molecule is CN1CCC(c2c[nH]c3ccc(NC(=O)c4cccc(F)c4)cc23)CC1. The first-order valence-electron chi connectivity index (χ1n) is 8.96. The third-order valence-electron chi connectivity index (χ3n) is 5.22. The van der Waals surface area contributed by atoms with Gasteiger partial charge in [0.25, 0.3) is 5.91 Å². The van der Waals surface area contributed by atoms with Crippen LogP contribution < -0.4 is 5.32 Å². The Labute approximate surface area is 152 Å². The molecule has 2 N–H and O–H groups in total. The summed E-state index contributed by atoms with van der Waals surface area (Å²) in [7, 11) is 2.16. The van der Waals surface area contributed by atoms with E-state index in [0.29, 0.717) is 11.5 Å². The van der Waals surface area contributed by atoms with E-state index >= 15 is 0 Å². The number of carbonyl (C=O) groups excluding carboxylic acids is 1. The van der Waals surface area contributed by atoms with Crippen molar-refractivity contribution in [1.29, 1.82) is 0 Å². The molecule has 0 bridgehead atoms. The van der Waals surface area contributed by atoms with Gasteiger partial charge in [0, 0.05) is 28.4 Å². The summed E-state index contributed by atoms with van der Waals surface area (Å²) < 4.78 is 13.3. The van der Waals surface area contributed by atoms with Crippen molar-refractivity contribution in [1.82, 2.24) is 9.88 Å². The molecule has 1 aliphatic heterocycles. The van der Waals surface area contributed by atoms with Crippen molar-refractivity contribution in [3.05, 3.63) is 65.6 Å². The molecule has 1 saturated heterocycles. The Morgan fingerprint density at radius 3 is 2.77 bits per heavy atom. The van der Waals surface area contributed by atoms with E-state index in [2.05, 4.69) is 28.4 Å². The highest BCUT2D eigenvalue weighted by Crippen LogP contribution is 2.34. The van der Waals surface area contributed by atoms with Gasteiger partial charge in [-0.15, -0.1) is 0 Å².